The highest BCUT2D eigenvalue weighted by atomic mass is 79.9. The largest absolute Gasteiger partial charge is 0.379 e. The van der Waals surface area contributed by atoms with Gasteiger partial charge in [0.2, 0.25) is 0 Å². The van der Waals surface area contributed by atoms with Crippen LogP contribution in [0.25, 0.3) is 0 Å². The number of hydrogen-bond acceptors (Lipinski definition) is 1. The van der Waals surface area contributed by atoms with Gasteiger partial charge in [-0.25, -0.2) is 8.78 Å². The van der Waals surface area contributed by atoms with Crippen molar-refractivity contribution in [1.82, 2.24) is 0 Å². The van der Waals surface area contributed by atoms with Crippen LogP contribution in [0.15, 0.2) is 34.8 Å². The lowest BCUT2D eigenvalue weighted by atomic mass is 10.1. The van der Waals surface area contributed by atoms with E-state index in [9.17, 15) is 8.78 Å². The number of benzene rings is 2. The van der Waals surface area contributed by atoms with Gasteiger partial charge in [0.05, 0.1) is 0 Å². The van der Waals surface area contributed by atoms with E-state index >= 15 is 0 Å². The van der Waals surface area contributed by atoms with Gasteiger partial charge in [-0.1, -0.05) is 22.0 Å². The number of hydrogen-bond donors (Lipinski definition) is 1. The van der Waals surface area contributed by atoms with Gasteiger partial charge in [0.25, 0.3) is 0 Å². The van der Waals surface area contributed by atoms with Crippen molar-refractivity contribution in [2.24, 2.45) is 0 Å². The zero-order valence-corrected chi connectivity index (χ0v) is 13.2. The molecule has 2 aromatic rings. The molecule has 1 N–H and O–H groups in total. The van der Waals surface area contributed by atoms with Crippen molar-refractivity contribution in [3.8, 4) is 0 Å². The van der Waals surface area contributed by atoms with Crippen LogP contribution in [0.3, 0.4) is 0 Å². The van der Waals surface area contributed by atoms with Gasteiger partial charge in [-0.3, -0.25) is 0 Å². The first-order valence-electron chi connectivity index (χ1n) is 6.36. The van der Waals surface area contributed by atoms with Crippen molar-refractivity contribution in [1.29, 1.82) is 0 Å². The summed E-state index contributed by atoms with van der Waals surface area (Å²) in [4.78, 5) is 0. The van der Waals surface area contributed by atoms with E-state index in [-0.39, 0.29) is 6.04 Å². The van der Waals surface area contributed by atoms with Crippen molar-refractivity contribution < 1.29 is 8.78 Å². The molecule has 0 aliphatic heterocycles. The summed E-state index contributed by atoms with van der Waals surface area (Å²) in [5.41, 5.74) is 3.93. The molecule has 0 spiro atoms. The third kappa shape index (κ3) is 3.18. The third-order valence-corrected chi connectivity index (χ3v) is 4.51. The maximum atomic E-state index is 13.3. The van der Waals surface area contributed by atoms with Crippen LogP contribution in [0.5, 0.6) is 0 Å². The second-order valence-electron chi connectivity index (χ2n) is 4.96. The van der Waals surface area contributed by atoms with E-state index in [0.717, 1.165) is 27.4 Å². The van der Waals surface area contributed by atoms with E-state index in [4.69, 9.17) is 0 Å². The minimum Gasteiger partial charge on any atom is -0.379 e. The lowest BCUT2D eigenvalue weighted by molar-refractivity contribution is 0.506. The van der Waals surface area contributed by atoms with Crippen LogP contribution in [0.1, 0.15) is 29.7 Å². The number of anilines is 1. The van der Waals surface area contributed by atoms with Crippen molar-refractivity contribution in [3.05, 3.63) is 63.1 Å². The van der Waals surface area contributed by atoms with Gasteiger partial charge >= 0.3 is 0 Å². The van der Waals surface area contributed by atoms with Gasteiger partial charge in [0.15, 0.2) is 11.6 Å². The van der Waals surface area contributed by atoms with Gasteiger partial charge in [-0.2, -0.15) is 0 Å². The Kier molecular flexibility index (Phi) is 4.43. The number of rotatable bonds is 3. The fourth-order valence-corrected chi connectivity index (χ4v) is 2.37. The van der Waals surface area contributed by atoms with Crippen molar-refractivity contribution in [3.63, 3.8) is 0 Å². The lowest BCUT2D eigenvalue weighted by Gasteiger charge is -2.17. The molecule has 2 rings (SSSR count). The van der Waals surface area contributed by atoms with E-state index < -0.39 is 11.6 Å². The summed E-state index contributed by atoms with van der Waals surface area (Å²) in [5.74, 6) is -1.64. The molecule has 0 heterocycles. The second kappa shape index (κ2) is 5.92. The maximum absolute atomic E-state index is 13.3. The quantitative estimate of drug-likeness (QED) is 0.776. The summed E-state index contributed by atoms with van der Waals surface area (Å²) in [6.07, 6.45) is 0. The Hall–Kier alpha value is -1.42. The molecule has 0 aromatic heterocycles. The summed E-state index contributed by atoms with van der Waals surface area (Å²) in [7, 11) is 0. The SMILES string of the molecule is Cc1cc(NC(C)c2ccc(F)c(F)c2)cc(C)c1Br. The maximum Gasteiger partial charge on any atom is 0.159 e. The first-order chi connectivity index (χ1) is 9.38. The molecule has 0 radical (unpaired) electrons. The molecule has 106 valence electrons. The fraction of sp³-hybridized carbons (Fsp3) is 0.250. The zero-order chi connectivity index (χ0) is 14.9. The van der Waals surface area contributed by atoms with Crippen LogP contribution in [-0.4, -0.2) is 0 Å². The summed E-state index contributed by atoms with van der Waals surface area (Å²) in [6, 6.07) is 7.91. The Morgan fingerprint density at radius 2 is 1.60 bits per heavy atom. The summed E-state index contributed by atoms with van der Waals surface area (Å²) >= 11 is 3.52. The van der Waals surface area contributed by atoms with Gasteiger partial charge in [-0.05, 0) is 61.7 Å². The molecule has 1 unspecified atom stereocenters. The highest BCUT2D eigenvalue weighted by molar-refractivity contribution is 9.10. The lowest BCUT2D eigenvalue weighted by Crippen LogP contribution is -2.07. The normalized spacial score (nSPS) is 12.3. The second-order valence-corrected chi connectivity index (χ2v) is 5.76. The highest BCUT2D eigenvalue weighted by Gasteiger charge is 2.10. The Bertz CT molecular complexity index is 617. The van der Waals surface area contributed by atoms with Crippen LogP contribution < -0.4 is 5.32 Å². The van der Waals surface area contributed by atoms with E-state index in [0.29, 0.717) is 5.56 Å². The average molecular weight is 340 g/mol. The van der Waals surface area contributed by atoms with Gasteiger partial charge in [0.1, 0.15) is 0 Å². The Morgan fingerprint density at radius 1 is 1.00 bits per heavy atom. The van der Waals surface area contributed by atoms with Crippen molar-refractivity contribution in [2.75, 3.05) is 5.32 Å². The molecule has 2 aromatic carbocycles. The molecule has 0 bridgehead atoms. The van der Waals surface area contributed by atoms with Gasteiger partial charge < -0.3 is 5.32 Å². The molecule has 0 saturated heterocycles. The molecule has 1 atom stereocenters. The Labute approximate surface area is 126 Å². The zero-order valence-electron chi connectivity index (χ0n) is 11.6. The van der Waals surface area contributed by atoms with Crippen LogP contribution >= 0.6 is 15.9 Å². The van der Waals surface area contributed by atoms with Crippen LogP contribution in [-0.2, 0) is 0 Å². The first-order valence-corrected chi connectivity index (χ1v) is 7.16. The molecule has 0 amide bonds. The fourth-order valence-electron chi connectivity index (χ4n) is 2.14. The van der Waals surface area contributed by atoms with Crippen molar-refractivity contribution >= 4 is 21.6 Å². The average Bonchev–Trinajstić information content (AvgIpc) is 2.39. The van der Waals surface area contributed by atoms with Crippen molar-refractivity contribution in [2.45, 2.75) is 26.8 Å². The predicted octanol–water partition coefficient (Wildman–Crippen LogP) is 5.52. The third-order valence-electron chi connectivity index (χ3n) is 3.26. The van der Waals surface area contributed by atoms with Crippen LogP contribution in [0.2, 0.25) is 0 Å². The Morgan fingerprint density at radius 3 is 2.15 bits per heavy atom. The molecule has 1 nitrogen and oxygen atoms in total. The van der Waals surface area contributed by atoms with Crippen LogP contribution in [0, 0.1) is 25.5 Å². The Balaban J connectivity index is 2.23. The molecule has 0 fully saturated rings. The minimum atomic E-state index is -0.823. The van der Waals surface area contributed by atoms with Gasteiger partial charge in [-0.15, -0.1) is 0 Å². The summed E-state index contributed by atoms with van der Waals surface area (Å²) in [5, 5.41) is 3.30. The standard InChI is InChI=1S/C16H16BrF2N/c1-9-6-13(7-10(2)16(9)17)20-11(3)12-4-5-14(18)15(19)8-12/h4-8,11,20H,1-3H3. The highest BCUT2D eigenvalue weighted by Crippen LogP contribution is 2.27. The molecule has 20 heavy (non-hydrogen) atoms. The smallest absolute Gasteiger partial charge is 0.159 e. The molecule has 0 aliphatic carbocycles. The molecule has 4 heteroatoms. The van der Waals surface area contributed by atoms with Gasteiger partial charge in [0, 0.05) is 16.2 Å². The first kappa shape index (κ1) is 15.0. The number of halogens is 3. The molecule has 0 saturated carbocycles. The minimum absolute atomic E-state index is 0.106. The topological polar surface area (TPSA) is 12.0 Å². The molecule has 0 aliphatic rings. The predicted molar refractivity (Wildman–Crippen MR) is 82.0 cm³/mol. The number of nitrogens with one attached hydrogen (secondary N) is 1. The summed E-state index contributed by atoms with van der Waals surface area (Å²) in [6.45, 7) is 5.95. The molecular formula is C16H16BrF2N. The van der Waals surface area contributed by atoms with E-state index in [1.807, 2.05) is 32.9 Å². The van der Waals surface area contributed by atoms with E-state index in [2.05, 4.69) is 21.2 Å². The van der Waals surface area contributed by atoms with E-state index in [1.165, 1.54) is 6.07 Å². The monoisotopic (exact) mass is 339 g/mol. The van der Waals surface area contributed by atoms with Crippen LogP contribution in [0.4, 0.5) is 14.5 Å². The van der Waals surface area contributed by atoms with E-state index in [1.54, 1.807) is 6.07 Å². The number of aryl methyl sites for hydroxylation is 2. The summed E-state index contributed by atoms with van der Waals surface area (Å²) < 4.78 is 27.3. The molecular weight excluding hydrogens is 324 g/mol.